The topological polar surface area (TPSA) is 106 Å². The lowest BCUT2D eigenvalue weighted by Gasteiger charge is -2.23. The van der Waals surface area contributed by atoms with Gasteiger partial charge in [0.2, 0.25) is 0 Å². The number of ether oxygens (including phenoxy) is 2. The summed E-state index contributed by atoms with van der Waals surface area (Å²) in [6, 6.07) is 11.1. The largest absolute Gasteiger partial charge is 0.507 e. The zero-order chi connectivity index (χ0) is 25.4. The molecule has 1 amide bonds. The van der Waals surface area contributed by atoms with Crippen molar-refractivity contribution in [2.45, 2.75) is 19.9 Å². The molecule has 0 aliphatic carbocycles. The van der Waals surface area contributed by atoms with Crippen molar-refractivity contribution in [2.24, 2.45) is 0 Å². The molecular weight excluding hydrogens is 536 g/mol. The molecular formula is C25H21BrN2O6S. The number of nitrogens with zero attached hydrogens (tertiary/aromatic N) is 2. The predicted molar refractivity (Wildman–Crippen MR) is 135 cm³/mol. The van der Waals surface area contributed by atoms with Crippen molar-refractivity contribution in [2.75, 3.05) is 19.1 Å². The van der Waals surface area contributed by atoms with Crippen LogP contribution in [0.2, 0.25) is 0 Å². The van der Waals surface area contributed by atoms with Gasteiger partial charge in [-0.25, -0.2) is 9.78 Å². The van der Waals surface area contributed by atoms with Crippen LogP contribution in [-0.4, -0.2) is 42.0 Å². The number of hydrogen-bond donors (Lipinski definition) is 1. The highest BCUT2D eigenvalue weighted by Crippen LogP contribution is 2.44. The Kier molecular flexibility index (Phi) is 6.77. The van der Waals surface area contributed by atoms with Crippen molar-refractivity contribution in [3.8, 4) is 5.75 Å². The quantitative estimate of drug-likeness (QED) is 0.205. The number of carbonyl (C=O) groups is 3. The maximum Gasteiger partial charge on any atom is 0.350 e. The maximum absolute atomic E-state index is 13.3. The Hall–Kier alpha value is -3.50. The van der Waals surface area contributed by atoms with Crippen molar-refractivity contribution < 1.29 is 29.0 Å². The number of aliphatic hydroxyl groups is 1. The van der Waals surface area contributed by atoms with E-state index in [2.05, 4.69) is 20.9 Å². The van der Waals surface area contributed by atoms with Gasteiger partial charge in [-0.1, -0.05) is 39.4 Å². The molecule has 1 N–H and O–H groups in total. The first-order valence-corrected chi connectivity index (χ1v) is 12.1. The number of methoxy groups -OCH3 is 2. The normalized spacial score (nSPS) is 17.1. The van der Waals surface area contributed by atoms with Gasteiger partial charge < -0.3 is 14.6 Å². The number of rotatable bonds is 5. The SMILES string of the molecule is COC(=O)c1sc(N2C(=O)C(=O)/C(=C(/O)c3ccc(OC)c(C)c3)C2c2cccc(Br)c2)nc1C. The Labute approximate surface area is 213 Å². The molecule has 1 fully saturated rings. The summed E-state index contributed by atoms with van der Waals surface area (Å²) in [5.41, 5.74) is 2.00. The Balaban J connectivity index is 1.94. The molecule has 1 aliphatic rings. The van der Waals surface area contributed by atoms with E-state index in [1.54, 1.807) is 50.4 Å². The Morgan fingerprint density at radius 3 is 2.51 bits per heavy atom. The lowest BCUT2D eigenvalue weighted by atomic mass is 9.95. The van der Waals surface area contributed by atoms with Gasteiger partial charge in [0.15, 0.2) is 5.13 Å². The fourth-order valence-electron chi connectivity index (χ4n) is 3.97. The Bertz CT molecular complexity index is 1400. The van der Waals surface area contributed by atoms with Gasteiger partial charge in [-0.05, 0) is 55.3 Å². The minimum atomic E-state index is -0.967. The number of thiazole rings is 1. The van der Waals surface area contributed by atoms with Gasteiger partial charge in [0.05, 0.1) is 31.5 Å². The van der Waals surface area contributed by atoms with Crippen LogP contribution in [0.1, 0.15) is 38.1 Å². The van der Waals surface area contributed by atoms with Gasteiger partial charge in [-0.15, -0.1) is 0 Å². The van der Waals surface area contributed by atoms with Crippen LogP contribution in [-0.2, 0) is 14.3 Å². The molecule has 35 heavy (non-hydrogen) atoms. The van der Waals surface area contributed by atoms with E-state index >= 15 is 0 Å². The molecule has 8 nitrogen and oxygen atoms in total. The average Bonchev–Trinajstić information content (AvgIpc) is 3.34. The molecule has 3 aromatic rings. The zero-order valence-corrected chi connectivity index (χ0v) is 21.7. The second kappa shape index (κ2) is 9.63. The fraction of sp³-hybridized carbons (Fsp3) is 0.200. The summed E-state index contributed by atoms with van der Waals surface area (Å²) in [6.45, 7) is 3.43. The fourth-order valence-corrected chi connectivity index (χ4v) is 5.40. The minimum absolute atomic E-state index is 0.0786. The molecule has 0 spiro atoms. The summed E-state index contributed by atoms with van der Waals surface area (Å²) in [6.07, 6.45) is 0. The Morgan fingerprint density at radius 2 is 1.89 bits per heavy atom. The second-order valence-corrected chi connectivity index (χ2v) is 9.70. The first kappa shape index (κ1) is 24.6. The van der Waals surface area contributed by atoms with Crippen LogP contribution in [0.3, 0.4) is 0 Å². The summed E-state index contributed by atoms with van der Waals surface area (Å²) in [5.74, 6) is -1.99. The van der Waals surface area contributed by atoms with Crippen LogP contribution in [0, 0.1) is 13.8 Å². The van der Waals surface area contributed by atoms with Crippen molar-refractivity contribution in [3.63, 3.8) is 0 Å². The molecule has 1 aromatic heterocycles. The van der Waals surface area contributed by atoms with Gasteiger partial charge in [-0.3, -0.25) is 14.5 Å². The van der Waals surface area contributed by atoms with E-state index in [1.807, 2.05) is 13.0 Å². The Morgan fingerprint density at radius 1 is 1.14 bits per heavy atom. The second-order valence-electron chi connectivity index (χ2n) is 7.81. The summed E-state index contributed by atoms with van der Waals surface area (Å²) in [4.78, 5) is 44.6. The van der Waals surface area contributed by atoms with Crippen LogP contribution in [0.5, 0.6) is 5.75 Å². The first-order valence-electron chi connectivity index (χ1n) is 10.4. The van der Waals surface area contributed by atoms with Crippen molar-refractivity contribution >= 4 is 55.8 Å². The maximum atomic E-state index is 13.3. The smallest absolute Gasteiger partial charge is 0.350 e. The predicted octanol–water partition coefficient (Wildman–Crippen LogP) is 4.94. The summed E-state index contributed by atoms with van der Waals surface area (Å²) >= 11 is 4.38. The number of hydrogen-bond acceptors (Lipinski definition) is 8. The summed E-state index contributed by atoms with van der Waals surface area (Å²) < 4.78 is 10.8. The third-order valence-electron chi connectivity index (χ3n) is 5.64. The molecule has 1 unspecified atom stereocenters. The zero-order valence-electron chi connectivity index (χ0n) is 19.3. The van der Waals surface area contributed by atoms with Gasteiger partial charge in [0.1, 0.15) is 16.4 Å². The number of esters is 1. The van der Waals surface area contributed by atoms with E-state index in [9.17, 15) is 19.5 Å². The van der Waals surface area contributed by atoms with E-state index in [0.717, 1.165) is 21.4 Å². The number of aryl methyl sites for hydroxylation is 2. The first-order chi connectivity index (χ1) is 16.7. The third-order valence-corrected chi connectivity index (χ3v) is 7.27. The lowest BCUT2D eigenvalue weighted by Crippen LogP contribution is -2.29. The van der Waals surface area contributed by atoms with E-state index < -0.39 is 23.7 Å². The molecule has 2 aromatic carbocycles. The van der Waals surface area contributed by atoms with Gasteiger partial charge in [-0.2, -0.15) is 0 Å². The highest BCUT2D eigenvalue weighted by Gasteiger charge is 2.48. The van der Waals surface area contributed by atoms with Crippen molar-refractivity contribution in [1.82, 2.24) is 4.98 Å². The molecule has 1 saturated heterocycles. The molecule has 0 bridgehead atoms. The van der Waals surface area contributed by atoms with Gasteiger partial charge in [0.25, 0.3) is 5.78 Å². The molecule has 1 atom stereocenters. The van der Waals surface area contributed by atoms with Crippen LogP contribution in [0.15, 0.2) is 52.5 Å². The van der Waals surface area contributed by atoms with Crippen LogP contribution in [0.25, 0.3) is 5.76 Å². The van der Waals surface area contributed by atoms with E-state index in [-0.39, 0.29) is 21.3 Å². The number of anilines is 1. The van der Waals surface area contributed by atoms with Crippen LogP contribution < -0.4 is 9.64 Å². The van der Waals surface area contributed by atoms with Crippen LogP contribution in [0.4, 0.5) is 5.13 Å². The summed E-state index contributed by atoms with van der Waals surface area (Å²) in [7, 11) is 2.80. The van der Waals surface area contributed by atoms with E-state index in [4.69, 9.17) is 9.47 Å². The highest BCUT2D eigenvalue weighted by atomic mass is 79.9. The van der Waals surface area contributed by atoms with E-state index in [1.165, 1.54) is 12.0 Å². The average molecular weight is 557 g/mol. The number of amides is 1. The third kappa shape index (κ3) is 4.35. The molecule has 1 aliphatic heterocycles. The number of aliphatic hydroxyl groups excluding tert-OH is 1. The molecule has 0 saturated carbocycles. The number of halogens is 1. The molecule has 0 radical (unpaired) electrons. The summed E-state index contributed by atoms with van der Waals surface area (Å²) in [5, 5.41) is 11.4. The molecule has 10 heteroatoms. The monoisotopic (exact) mass is 556 g/mol. The molecule has 180 valence electrons. The number of benzene rings is 2. The molecule has 2 heterocycles. The van der Waals surface area contributed by atoms with Crippen LogP contribution >= 0.6 is 27.3 Å². The molecule has 4 rings (SSSR count). The number of Topliss-reactive ketones (excluding diaryl/α,β-unsaturated/α-hetero) is 1. The number of ketones is 1. The van der Waals surface area contributed by atoms with E-state index in [0.29, 0.717) is 22.6 Å². The lowest BCUT2D eigenvalue weighted by molar-refractivity contribution is -0.132. The van der Waals surface area contributed by atoms with Crippen molar-refractivity contribution in [3.05, 3.63) is 79.8 Å². The standard InChI is InChI=1S/C25H21BrN2O6S/c1-12-10-15(8-9-17(12)33-3)20(29)18-19(14-6-5-7-16(26)11-14)28(23(31)21(18)30)25-27-13(2)22(35-25)24(32)34-4/h5-11,19,29H,1-4H3/b20-18+. The number of aromatic nitrogens is 1. The number of carbonyl (C=O) groups excluding carboxylic acids is 3. The highest BCUT2D eigenvalue weighted by molar-refractivity contribution is 9.10. The van der Waals surface area contributed by atoms with Gasteiger partial charge in [0, 0.05) is 10.0 Å². The van der Waals surface area contributed by atoms with Crippen molar-refractivity contribution in [1.29, 1.82) is 0 Å². The minimum Gasteiger partial charge on any atom is -0.507 e. The van der Waals surface area contributed by atoms with Gasteiger partial charge >= 0.3 is 11.9 Å².